The summed E-state index contributed by atoms with van der Waals surface area (Å²) in [4.78, 5) is 81.1. The number of rotatable bonds is 12. The first-order valence-corrected chi connectivity index (χ1v) is 27.5. The van der Waals surface area contributed by atoms with E-state index in [2.05, 4.69) is 44.6 Å². The van der Waals surface area contributed by atoms with Crippen molar-refractivity contribution in [3.05, 3.63) is 53.0 Å². The fourth-order valence-electron chi connectivity index (χ4n) is 13.6. The van der Waals surface area contributed by atoms with Gasteiger partial charge in [0.2, 0.25) is 17.7 Å². The minimum atomic E-state index is -0.609. The molecule has 7 heterocycles. The van der Waals surface area contributed by atoms with Crippen LogP contribution in [-0.2, 0) is 35.7 Å². The number of aromatic amines is 2. The summed E-state index contributed by atoms with van der Waals surface area (Å²) >= 11 is 0. The number of morpholine rings is 1. The number of aromatic nitrogens is 4. The number of anilines is 1. The van der Waals surface area contributed by atoms with E-state index in [1.54, 1.807) is 10.5 Å². The standard InChI is InChI=1S/C55H80N10O6/c1-34(2)47(60-51(66)38-18-29-70-28-17-36(38)5)52(67)64-22-9-11-45(64)50-57-33-42(59-50)39-12-13-43(46-40(39)14-21-55(46)19-6-7-20-55)62-24-15-37(16-25-62)41-32-56-49(58-41)44-10-8-23-65(44)53(68)48(35(3)4)61-54(69)63-26-30-71-31-27-63/h12-13,32-38,44-45,47-48H,6-11,14-31H2,1-5H3,(H,56,58)(H,57,59)(H,60,66)(H,61,69). The number of nitrogens with one attached hydrogen (secondary N) is 4. The number of nitrogens with zero attached hydrogens (tertiary/aromatic N) is 6. The van der Waals surface area contributed by atoms with Crippen LogP contribution < -0.4 is 15.5 Å². The maximum atomic E-state index is 14.4. The van der Waals surface area contributed by atoms with E-state index in [0.717, 1.165) is 87.5 Å². The lowest BCUT2D eigenvalue weighted by atomic mass is 9.78. The first kappa shape index (κ1) is 49.6. The normalized spacial score (nSPS) is 25.8. The number of likely N-dealkylation sites (tertiary alicyclic amines) is 2. The summed E-state index contributed by atoms with van der Waals surface area (Å²) in [7, 11) is 0. The third-order valence-corrected chi connectivity index (χ3v) is 17.8. The molecule has 6 unspecified atom stereocenters. The fraction of sp³-hybridized carbons (Fsp3) is 0.709. The Balaban J connectivity index is 0.816. The summed E-state index contributed by atoms with van der Waals surface area (Å²) in [6.45, 7) is 16.7. The van der Waals surface area contributed by atoms with Crippen molar-refractivity contribution >= 4 is 29.4 Å². The van der Waals surface area contributed by atoms with Crippen molar-refractivity contribution in [3.63, 3.8) is 0 Å². The van der Waals surface area contributed by atoms with Gasteiger partial charge in [-0.15, -0.1) is 0 Å². The van der Waals surface area contributed by atoms with Crippen LogP contribution in [0.1, 0.15) is 165 Å². The number of H-pyrrole nitrogens is 2. The SMILES string of the molecule is CC(C)C(NC(=O)C1CCOCCC1C)C(=O)N1CCCC1c1ncc(-c2ccc(N3CCC(c4cnc(C5CCCN5C(=O)C(NC(=O)N5CCOCC5)C(C)C)[nH]4)CC3)c3c2CCC32CCCC2)[nH]1. The smallest absolute Gasteiger partial charge is 0.318 e. The minimum Gasteiger partial charge on any atom is -0.381 e. The number of piperidine rings is 1. The Hall–Kier alpha value is -4.96. The van der Waals surface area contributed by atoms with E-state index in [0.29, 0.717) is 64.9 Å². The molecule has 71 heavy (non-hydrogen) atoms. The average molecular weight is 977 g/mol. The summed E-state index contributed by atoms with van der Waals surface area (Å²) in [5.74, 6) is 1.87. The van der Waals surface area contributed by atoms with E-state index >= 15 is 0 Å². The molecule has 5 saturated heterocycles. The lowest BCUT2D eigenvalue weighted by molar-refractivity contribution is -0.140. The Morgan fingerprint density at radius 3 is 1.99 bits per heavy atom. The summed E-state index contributed by atoms with van der Waals surface area (Å²) in [6, 6.07) is 2.99. The Labute approximate surface area is 420 Å². The van der Waals surface area contributed by atoms with Crippen LogP contribution in [-0.4, -0.2) is 136 Å². The highest BCUT2D eigenvalue weighted by Gasteiger charge is 2.46. The highest BCUT2D eigenvalue weighted by atomic mass is 16.5. The topological polar surface area (TPSA) is 181 Å². The number of hydrogen-bond donors (Lipinski definition) is 4. The molecular formula is C55H80N10O6. The first-order chi connectivity index (χ1) is 34.4. The van der Waals surface area contributed by atoms with Gasteiger partial charge in [-0.05, 0) is 117 Å². The van der Waals surface area contributed by atoms with Crippen molar-refractivity contribution in [2.45, 2.75) is 160 Å². The summed E-state index contributed by atoms with van der Waals surface area (Å²) in [5, 5.41) is 6.27. The van der Waals surface area contributed by atoms with Crippen molar-refractivity contribution in [1.82, 2.24) is 45.3 Å². The molecule has 1 saturated carbocycles. The lowest BCUT2D eigenvalue weighted by Crippen LogP contribution is -2.55. The van der Waals surface area contributed by atoms with Crippen molar-refractivity contribution in [2.75, 3.05) is 70.6 Å². The van der Waals surface area contributed by atoms with Crippen LogP contribution in [0.4, 0.5) is 10.5 Å². The third-order valence-electron chi connectivity index (χ3n) is 17.8. The number of benzene rings is 1. The molecule has 16 heteroatoms. The maximum absolute atomic E-state index is 14.4. The summed E-state index contributed by atoms with van der Waals surface area (Å²) in [5.41, 5.74) is 8.01. The molecule has 0 bridgehead atoms. The minimum absolute atomic E-state index is 0.0214. The van der Waals surface area contributed by atoms with Crippen LogP contribution in [0.3, 0.4) is 0 Å². The summed E-state index contributed by atoms with van der Waals surface area (Å²) < 4.78 is 11.1. The maximum Gasteiger partial charge on any atom is 0.318 e. The number of fused-ring (bicyclic) bond motifs is 2. The van der Waals surface area contributed by atoms with Gasteiger partial charge >= 0.3 is 6.03 Å². The molecule has 4 N–H and O–H groups in total. The van der Waals surface area contributed by atoms with Crippen molar-refractivity contribution in [2.24, 2.45) is 23.7 Å². The second-order valence-electron chi connectivity index (χ2n) is 22.8. The molecule has 5 aliphatic heterocycles. The van der Waals surface area contributed by atoms with Crippen LogP contribution >= 0.6 is 0 Å². The first-order valence-electron chi connectivity index (χ1n) is 27.5. The highest BCUT2D eigenvalue weighted by molar-refractivity contribution is 5.89. The summed E-state index contributed by atoms with van der Waals surface area (Å²) in [6.07, 6.45) is 18.2. The van der Waals surface area contributed by atoms with Crippen molar-refractivity contribution in [3.8, 4) is 11.3 Å². The number of carbonyl (C=O) groups is 4. The third kappa shape index (κ3) is 9.97. The molecule has 10 rings (SSSR count). The van der Waals surface area contributed by atoms with Gasteiger partial charge in [0.25, 0.3) is 0 Å². The second-order valence-corrected chi connectivity index (χ2v) is 22.8. The molecule has 2 aliphatic carbocycles. The van der Waals surface area contributed by atoms with Crippen LogP contribution in [0, 0.1) is 23.7 Å². The second kappa shape index (κ2) is 21.2. The molecule has 5 amide bonds. The van der Waals surface area contributed by atoms with Gasteiger partial charge in [-0.2, -0.15) is 0 Å². The largest absolute Gasteiger partial charge is 0.381 e. The molecular weight excluding hydrogens is 897 g/mol. The zero-order valence-corrected chi connectivity index (χ0v) is 43.1. The van der Waals surface area contributed by atoms with Crippen LogP contribution in [0.15, 0.2) is 24.5 Å². The van der Waals surface area contributed by atoms with Crippen LogP contribution in [0.25, 0.3) is 11.3 Å². The molecule has 6 atom stereocenters. The van der Waals surface area contributed by atoms with Gasteiger partial charge in [-0.1, -0.05) is 53.5 Å². The molecule has 1 aromatic carbocycles. The van der Waals surface area contributed by atoms with Gasteiger partial charge in [0.15, 0.2) is 0 Å². The zero-order valence-electron chi connectivity index (χ0n) is 43.1. The Kier molecular flexibility index (Phi) is 14.8. The van der Waals surface area contributed by atoms with E-state index in [9.17, 15) is 19.2 Å². The Morgan fingerprint density at radius 1 is 0.690 bits per heavy atom. The molecule has 386 valence electrons. The molecule has 16 nitrogen and oxygen atoms in total. The number of urea groups is 1. The van der Waals surface area contributed by atoms with E-state index in [4.69, 9.17) is 19.4 Å². The van der Waals surface area contributed by atoms with E-state index in [1.807, 2.05) is 49.9 Å². The number of imidazole rings is 2. The number of ether oxygens (including phenoxy) is 2. The van der Waals surface area contributed by atoms with Crippen molar-refractivity contribution < 1.29 is 28.7 Å². The number of hydrogen-bond acceptors (Lipinski definition) is 9. The van der Waals surface area contributed by atoms with Gasteiger partial charge < -0.3 is 49.7 Å². The lowest BCUT2D eigenvalue weighted by Gasteiger charge is -2.37. The Bertz CT molecular complexity index is 2380. The van der Waals surface area contributed by atoms with Crippen molar-refractivity contribution in [1.29, 1.82) is 0 Å². The van der Waals surface area contributed by atoms with Gasteiger partial charge in [-0.3, -0.25) is 14.4 Å². The van der Waals surface area contributed by atoms with Gasteiger partial charge in [0.05, 0.1) is 37.2 Å². The van der Waals surface area contributed by atoms with E-state index < -0.39 is 12.1 Å². The molecule has 7 aliphatic rings. The Morgan fingerprint density at radius 2 is 1.31 bits per heavy atom. The monoisotopic (exact) mass is 977 g/mol. The molecule has 6 fully saturated rings. The highest BCUT2D eigenvalue weighted by Crippen LogP contribution is 2.56. The predicted molar refractivity (Wildman–Crippen MR) is 272 cm³/mol. The van der Waals surface area contributed by atoms with E-state index in [-0.39, 0.29) is 64.9 Å². The molecule has 0 radical (unpaired) electrons. The van der Waals surface area contributed by atoms with Crippen LogP contribution in [0.2, 0.25) is 0 Å². The van der Waals surface area contributed by atoms with E-state index in [1.165, 1.54) is 48.9 Å². The molecule has 3 aromatic rings. The predicted octanol–water partition coefficient (Wildman–Crippen LogP) is 7.54. The average Bonchev–Trinajstić information content (AvgIpc) is 4.25. The van der Waals surface area contributed by atoms with Crippen LogP contribution in [0.5, 0.6) is 0 Å². The number of amides is 5. The fourth-order valence-corrected chi connectivity index (χ4v) is 13.6. The molecule has 2 aromatic heterocycles. The molecule has 1 spiro atoms. The van der Waals surface area contributed by atoms with Gasteiger partial charge in [0.1, 0.15) is 23.7 Å². The van der Waals surface area contributed by atoms with Gasteiger partial charge in [-0.25, -0.2) is 14.8 Å². The quantitative estimate of drug-likeness (QED) is 0.143. The zero-order chi connectivity index (χ0) is 49.4. The number of carbonyl (C=O) groups excluding carboxylic acids is 4. The van der Waals surface area contributed by atoms with Gasteiger partial charge in [0, 0.05) is 87.5 Å².